The van der Waals surface area contributed by atoms with E-state index in [1.54, 1.807) is 36.4 Å². The molecular formula is C17H19N5O2S2. The van der Waals surface area contributed by atoms with Gasteiger partial charge < -0.3 is 10.1 Å². The van der Waals surface area contributed by atoms with E-state index in [0.29, 0.717) is 17.8 Å². The van der Waals surface area contributed by atoms with Gasteiger partial charge in [-0.2, -0.15) is 5.10 Å². The number of aromatic amines is 1. The fraction of sp³-hybridized carbons (Fsp3) is 0.294. The van der Waals surface area contributed by atoms with Gasteiger partial charge in [0.05, 0.1) is 24.6 Å². The number of aromatic nitrogens is 4. The second-order valence-corrected chi connectivity index (χ2v) is 7.96. The molecule has 0 saturated heterocycles. The fourth-order valence-electron chi connectivity index (χ4n) is 2.32. The van der Waals surface area contributed by atoms with Crippen LogP contribution in [0, 0.1) is 6.92 Å². The highest BCUT2D eigenvalue weighted by atomic mass is 32.2. The lowest BCUT2D eigenvalue weighted by Crippen LogP contribution is -2.25. The first-order chi connectivity index (χ1) is 12.7. The van der Waals surface area contributed by atoms with Gasteiger partial charge in [-0.25, -0.2) is 0 Å². The topological polar surface area (TPSA) is 92.8 Å². The Bertz CT molecular complexity index is 877. The van der Waals surface area contributed by atoms with Crippen LogP contribution in [0.4, 0.5) is 0 Å². The molecule has 3 aromatic rings. The van der Waals surface area contributed by atoms with Crippen LogP contribution >= 0.6 is 23.1 Å². The third-order valence-electron chi connectivity index (χ3n) is 3.58. The number of benzene rings is 1. The number of nitrogens with one attached hydrogen (secondary N) is 2. The number of amides is 1. The molecule has 2 aromatic heterocycles. The molecule has 9 heteroatoms. The number of hydrogen-bond donors (Lipinski definition) is 2. The minimum atomic E-state index is -0.145. The van der Waals surface area contributed by atoms with Crippen molar-refractivity contribution in [1.29, 1.82) is 0 Å². The molecule has 0 spiro atoms. The minimum absolute atomic E-state index is 0.145. The lowest BCUT2D eigenvalue weighted by molar-refractivity contribution is 0.0954. The van der Waals surface area contributed by atoms with Crippen LogP contribution in [0.1, 0.15) is 21.8 Å². The highest BCUT2D eigenvalue weighted by molar-refractivity contribution is 8.01. The van der Waals surface area contributed by atoms with Crippen LogP contribution in [0.5, 0.6) is 5.75 Å². The van der Waals surface area contributed by atoms with E-state index in [1.165, 1.54) is 0 Å². The van der Waals surface area contributed by atoms with Crippen LogP contribution in [0.3, 0.4) is 0 Å². The Morgan fingerprint density at radius 3 is 3.04 bits per heavy atom. The zero-order chi connectivity index (χ0) is 18.4. The van der Waals surface area contributed by atoms with Gasteiger partial charge in [-0.15, -0.1) is 10.2 Å². The van der Waals surface area contributed by atoms with Gasteiger partial charge in [0.1, 0.15) is 10.8 Å². The van der Waals surface area contributed by atoms with Gasteiger partial charge in [0.2, 0.25) is 0 Å². The summed E-state index contributed by atoms with van der Waals surface area (Å²) < 4.78 is 6.20. The van der Waals surface area contributed by atoms with Crippen molar-refractivity contribution in [2.24, 2.45) is 0 Å². The summed E-state index contributed by atoms with van der Waals surface area (Å²) in [5, 5.41) is 18.9. The summed E-state index contributed by atoms with van der Waals surface area (Å²) in [6.45, 7) is 2.53. The predicted molar refractivity (Wildman–Crippen MR) is 103 cm³/mol. The smallest absolute Gasteiger partial charge is 0.255 e. The molecule has 1 aromatic carbocycles. The van der Waals surface area contributed by atoms with E-state index < -0.39 is 0 Å². The summed E-state index contributed by atoms with van der Waals surface area (Å²) in [5.41, 5.74) is 2.06. The van der Waals surface area contributed by atoms with Crippen LogP contribution < -0.4 is 10.1 Å². The number of methoxy groups -OCH3 is 1. The maximum Gasteiger partial charge on any atom is 0.255 e. The van der Waals surface area contributed by atoms with Crippen molar-refractivity contribution < 1.29 is 9.53 Å². The molecule has 0 aliphatic carbocycles. The largest absolute Gasteiger partial charge is 0.497 e. The first kappa shape index (κ1) is 18.4. The van der Waals surface area contributed by atoms with Crippen LogP contribution in [0.25, 0.3) is 11.3 Å². The Kier molecular flexibility index (Phi) is 6.24. The lowest BCUT2D eigenvalue weighted by Gasteiger charge is -2.07. The molecule has 0 saturated carbocycles. The molecule has 0 unspecified atom stereocenters. The van der Waals surface area contributed by atoms with Crippen molar-refractivity contribution in [2.75, 3.05) is 19.4 Å². The zero-order valence-corrected chi connectivity index (χ0v) is 16.1. The van der Waals surface area contributed by atoms with E-state index in [0.717, 1.165) is 32.8 Å². The second kappa shape index (κ2) is 8.81. The molecule has 0 fully saturated rings. The molecular weight excluding hydrogens is 370 g/mol. The third-order valence-corrected chi connectivity index (χ3v) is 5.64. The zero-order valence-electron chi connectivity index (χ0n) is 14.5. The van der Waals surface area contributed by atoms with Crippen molar-refractivity contribution in [3.05, 3.63) is 41.0 Å². The van der Waals surface area contributed by atoms with Crippen LogP contribution in [0.2, 0.25) is 0 Å². The molecule has 0 atom stereocenters. The van der Waals surface area contributed by atoms with Crippen molar-refractivity contribution in [1.82, 2.24) is 25.7 Å². The molecule has 0 radical (unpaired) electrons. The Balaban J connectivity index is 1.53. The van der Waals surface area contributed by atoms with Gasteiger partial charge in [0.25, 0.3) is 5.91 Å². The first-order valence-corrected chi connectivity index (χ1v) is 9.86. The third kappa shape index (κ3) is 4.61. The Hall–Kier alpha value is -2.39. The molecule has 0 bridgehead atoms. The van der Waals surface area contributed by atoms with Crippen molar-refractivity contribution in [3.8, 4) is 17.0 Å². The molecule has 0 aliphatic heterocycles. The molecule has 26 heavy (non-hydrogen) atoms. The van der Waals surface area contributed by atoms with Crippen LogP contribution in [-0.2, 0) is 0 Å². The van der Waals surface area contributed by atoms with Gasteiger partial charge in [0.15, 0.2) is 4.34 Å². The predicted octanol–water partition coefficient (Wildman–Crippen LogP) is 3.16. The van der Waals surface area contributed by atoms with E-state index in [4.69, 9.17) is 4.74 Å². The fourth-order valence-corrected chi connectivity index (χ4v) is 4.15. The van der Waals surface area contributed by atoms with E-state index in [9.17, 15) is 4.79 Å². The van der Waals surface area contributed by atoms with Crippen molar-refractivity contribution in [3.63, 3.8) is 0 Å². The van der Waals surface area contributed by atoms with Gasteiger partial charge >= 0.3 is 0 Å². The number of carbonyl (C=O) groups is 1. The standard InChI is InChI=1S/C17H19N5O2S2/c1-11-20-22-17(26-11)25-8-4-7-18-16(23)14-10-19-21-15(14)12-5-3-6-13(9-12)24-2/h3,5-6,9-10H,4,7-8H2,1-2H3,(H,18,23)(H,19,21). The molecule has 136 valence electrons. The maximum absolute atomic E-state index is 12.5. The van der Waals surface area contributed by atoms with E-state index >= 15 is 0 Å². The number of H-pyrrole nitrogens is 1. The highest BCUT2D eigenvalue weighted by Gasteiger charge is 2.15. The Morgan fingerprint density at radius 1 is 1.38 bits per heavy atom. The quantitative estimate of drug-likeness (QED) is 0.454. The summed E-state index contributed by atoms with van der Waals surface area (Å²) in [6, 6.07) is 7.51. The average molecular weight is 390 g/mol. The van der Waals surface area contributed by atoms with Crippen molar-refractivity contribution in [2.45, 2.75) is 17.7 Å². The number of nitrogens with zero attached hydrogens (tertiary/aromatic N) is 3. The summed E-state index contributed by atoms with van der Waals surface area (Å²) in [7, 11) is 1.61. The highest BCUT2D eigenvalue weighted by Crippen LogP contribution is 2.25. The van der Waals surface area contributed by atoms with Crippen LogP contribution in [-0.4, -0.2) is 45.7 Å². The van der Waals surface area contributed by atoms with E-state index in [2.05, 4.69) is 25.7 Å². The second-order valence-electron chi connectivity index (χ2n) is 5.44. The van der Waals surface area contributed by atoms with Crippen molar-refractivity contribution >= 4 is 29.0 Å². The molecule has 1 amide bonds. The monoisotopic (exact) mass is 389 g/mol. The van der Waals surface area contributed by atoms with E-state index in [-0.39, 0.29) is 5.91 Å². The molecule has 7 nitrogen and oxygen atoms in total. The summed E-state index contributed by atoms with van der Waals surface area (Å²) >= 11 is 3.24. The van der Waals surface area contributed by atoms with Gasteiger partial charge in [-0.3, -0.25) is 9.89 Å². The Morgan fingerprint density at radius 2 is 2.27 bits per heavy atom. The summed E-state index contributed by atoms with van der Waals surface area (Å²) in [4.78, 5) is 12.5. The summed E-state index contributed by atoms with van der Waals surface area (Å²) in [6.07, 6.45) is 2.39. The van der Waals surface area contributed by atoms with Gasteiger partial charge in [-0.05, 0) is 25.5 Å². The number of carbonyl (C=O) groups excluding carboxylic acids is 1. The van der Waals surface area contributed by atoms with Gasteiger partial charge in [0, 0.05) is 17.9 Å². The maximum atomic E-state index is 12.5. The van der Waals surface area contributed by atoms with Crippen LogP contribution in [0.15, 0.2) is 34.8 Å². The molecule has 2 N–H and O–H groups in total. The normalized spacial score (nSPS) is 10.7. The summed E-state index contributed by atoms with van der Waals surface area (Å²) in [5.74, 6) is 1.46. The van der Waals surface area contributed by atoms with E-state index in [1.807, 2.05) is 31.2 Å². The molecule has 0 aliphatic rings. The molecule has 2 heterocycles. The number of rotatable bonds is 8. The Labute approximate surface area is 159 Å². The average Bonchev–Trinajstić information content (AvgIpc) is 3.30. The SMILES string of the molecule is COc1cccc(-c2[nH]ncc2C(=O)NCCCSc2nnc(C)s2)c1. The lowest BCUT2D eigenvalue weighted by atomic mass is 10.1. The molecule has 3 rings (SSSR count). The first-order valence-electron chi connectivity index (χ1n) is 8.06. The van der Waals surface area contributed by atoms with Gasteiger partial charge in [-0.1, -0.05) is 35.2 Å². The minimum Gasteiger partial charge on any atom is -0.497 e. The number of hydrogen-bond acceptors (Lipinski definition) is 7. The number of aryl methyl sites for hydroxylation is 1. The number of thioether (sulfide) groups is 1. The number of ether oxygens (including phenoxy) is 1.